The van der Waals surface area contributed by atoms with Gasteiger partial charge < -0.3 is 10.4 Å². The van der Waals surface area contributed by atoms with Crippen LogP contribution >= 0.6 is 22.7 Å². The van der Waals surface area contributed by atoms with Crippen molar-refractivity contribution in [3.8, 4) is 0 Å². The molecule has 4 aromatic rings. The molecule has 3 atom stereocenters. The van der Waals surface area contributed by atoms with Crippen molar-refractivity contribution in [1.29, 1.82) is 0 Å². The lowest BCUT2D eigenvalue weighted by atomic mass is 9.82. The number of nitrogens with one attached hydrogen (secondary N) is 2. The second-order valence-electron chi connectivity index (χ2n) is 8.96. The Morgan fingerprint density at radius 3 is 2.03 bits per heavy atom. The molecule has 2 heterocycles. The zero-order chi connectivity index (χ0) is 25.6. The van der Waals surface area contributed by atoms with E-state index in [1.807, 2.05) is 36.4 Å². The van der Waals surface area contributed by atoms with Crippen molar-refractivity contribution in [1.82, 2.24) is 20.4 Å². The lowest BCUT2D eigenvalue weighted by molar-refractivity contribution is -0.124. The van der Waals surface area contributed by atoms with Gasteiger partial charge in [0.05, 0.1) is 6.42 Å². The number of aliphatic hydroxyl groups is 1. The monoisotopic (exact) mass is 534 g/mol. The van der Waals surface area contributed by atoms with Crippen molar-refractivity contribution in [2.75, 3.05) is 10.6 Å². The third-order valence-electron chi connectivity index (χ3n) is 6.30. The Kier molecular flexibility index (Phi) is 7.93. The summed E-state index contributed by atoms with van der Waals surface area (Å²) in [6.07, 6.45) is 2.85. The van der Waals surface area contributed by atoms with Crippen molar-refractivity contribution < 1.29 is 14.7 Å². The van der Waals surface area contributed by atoms with Crippen LogP contribution < -0.4 is 10.6 Å². The summed E-state index contributed by atoms with van der Waals surface area (Å²) >= 11 is 2.76. The molecule has 0 saturated heterocycles. The molecule has 0 spiro atoms. The summed E-state index contributed by atoms with van der Waals surface area (Å²) in [5.41, 5.74) is 1.47. The van der Waals surface area contributed by atoms with E-state index < -0.39 is 12.0 Å². The standard InChI is InChI=1S/C26H26N6O3S2/c33-20(14-16-8-3-1-4-9-16)27-25-31-29-23(36-25)18-12-7-13-19(15-18)24-30-32-26(37-24)28-22(35)21(34)17-10-5-2-6-11-17/h1-6,8-11,18-19,21,34H,7,12-15H2,(H,27,31,33)(H,28,32,35). The molecule has 0 aliphatic heterocycles. The van der Waals surface area contributed by atoms with E-state index in [0.717, 1.165) is 41.3 Å². The first kappa shape index (κ1) is 25.1. The van der Waals surface area contributed by atoms with Crippen LogP contribution in [0.25, 0.3) is 0 Å². The number of amides is 2. The van der Waals surface area contributed by atoms with E-state index in [9.17, 15) is 14.7 Å². The minimum absolute atomic E-state index is 0.115. The fraction of sp³-hybridized carbons (Fsp3) is 0.308. The number of hydrogen-bond acceptors (Lipinski definition) is 9. The molecule has 9 nitrogen and oxygen atoms in total. The Bertz CT molecular complexity index is 1340. The minimum Gasteiger partial charge on any atom is -0.378 e. The van der Waals surface area contributed by atoms with Crippen molar-refractivity contribution >= 4 is 44.8 Å². The lowest BCUT2D eigenvalue weighted by Gasteiger charge is -2.25. The molecular formula is C26H26N6O3S2. The van der Waals surface area contributed by atoms with E-state index >= 15 is 0 Å². The maximum absolute atomic E-state index is 12.5. The van der Waals surface area contributed by atoms with Gasteiger partial charge in [0.1, 0.15) is 10.0 Å². The van der Waals surface area contributed by atoms with Gasteiger partial charge in [0.15, 0.2) is 6.10 Å². The van der Waals surface area contributed by atoms with Crippen molar-refractivity contribution in [3.05, 3.63) is 81.8 Å². The zero-order valence-corrected chi connectivity index (χ0v) is 21.5. The van der Waals surface area contributed by atoms with E-state index in [-0.39, 0.29) is 17.7 Å². The van der Waals surface area contributed by atoms with Gasteiger partial charge in [0.2, 0.25) is 16.2 Å². The highest BCUT2D eigenvalue weighted by molar-refractivity contribution is 7.15. The normalized spacial score (nSPS) is 18.2. The second-order valence-corrected chi connectivity index (χ2v) is 11.0. The maximum atomic E-state index is 12.5. The number of aliphatic hydroxyl groups excluding tert-OH is 1. The lowest BCUT2D eigenvalue weighted by Crippen LogP contribution is -2.20. The molecule has 0 radical (unpaired) electrons. The zero-order valence-electron chi connectivity index (χ0n) is 19.9. The van der Waals surface area contributed by atoms with Crippen molar-refractivity contribution in [3.63, 3.8) is 0 Å². The third-order valence-corrected chi connectivity index (χ3v) is 8.30. The Labute approximate surface area is 222 Å². The fourth-order valence-corrected chi connectivity index (χ4v) is 6.24. The van der Waals surface area contributed by atoms with Crippen LogP contribution in [0.2, 0.25) is 0 Å². The van der Waals surface area contributed by atoms with Crippen LogP contribution in [-0.2, 0) is 16.0 Å². The van der Waals surface area contributed by atoms with E-state index in [0.29, 0.717) is 22.2 Å². The van der Waals surface area contributed by atoms with Gasteiger partial charge in [-0.3, -0.25) is 14.9 Å². The third kappa shape index (κ3) is 6.43. The summed E-state index contributed by atoms with van der Waals surface area (Å²) in [6, 6.07) is 18.4. The van der Waals surface area contributed by atoms with Gasteiger partial charge in [-0.1, -0.05) is 89.8 Å². The van der Waals surface area contributed by atoms with E-state index in [4.69, 9.17) is 0 Å². The van der Waals surface area contributed by atoms with Crippen LogP contribution in [0.15, 0.2) is 60.7 Å². The smallest absolute Gasteiger partial charge is 0.259 e. The van der Waals surface area contributed by atoms with Gasteiger partial charge in [-0.05, 0) is 30.4 Å². The fourth-order valence-electron chi connectivity index (χ4n) is 4.44. The Balaban J connectivity index is 1.17. The number of aromatic nitrogens is 4. The first-order valence-corrected chi connectivity index (χ1v) is 13.7. The number of carbonyl (C=O) groups is 2. The first-order valence-electron chi connectivity index (χ1n) is 12.1. The van der Waals surface area contributed by atoms with Crippen LogP contribution in [0, 0.1) is 0 Å². The van der Waals surface area contributed by atoms with Gasteiger partial charge in [0.25, 0.3) is 5.91 Å². The molecule has 1 saturated carbocycles. The predicted molar refractivity (Wildman–Crippen MR) is 143 cm³/mol. The number of carbonyl (C=O) groups excluding carboxylic acids is 2. The molecule has 1 aliphatic carbocycles. The molecule has 37 heavy (non-hydrogen) atoms. The van der Waals surface area contributed by atoms with Crippen LogP contribution in [-0.4, -0.2) is 37.3 Å². The van der Waals surface area contributed by atoms with Gasteiger partial charge in [0, 0.05) is 11.8 Å². The number of hydrogen-bond donors (Lipinski definition) is 3. The minimum atomic E-state index is -1.27. The average Bonchev–Trinajstić information content (AvgIpc) is 3.59. The predicted octanol–water partition coefficient (Wildman–Crippen LogP) is 4.68. The summed E-state index contributed by atoms with van der Waals surface area (Å²) in [7, 11) is 0. The molecule has 2 amide bonds. The summed E-state index contributed by atoms with van der Waals surface area (Å²) < 4.78 is 0. The summed E-state index contributed by atoms with van der Waals surface area (Å²) in [5, 5.41) is 35.5. The SMILES string of the molecule is O=C(Cc1ccccc1)Nc1nnc(C2CCCC(c3nnc(NC(=O)C(O)c4ccccc4)s3)C2)s1. The largest absolute Gasteiger partial charge is 0.378 e. The molecule has 3 unspecified atom stereocenters. The molecule has 3 N–H and O–H groups in total. The summed E-state index contributed by atoms with van der Waals surface area (Å²) in [4.78, 5) is 24.8. The number of rotatable bonds is 8. The van der Waals surface area contributed by atoms with Crippen LogP contribution in [0.5, 0.6) is 0 Å². The van der Waals surface area contributed by atoms with Gasteiger partial charge in [-0.15, -0.1) is 20.4 Å². The molecule has 190 valence electrons. The van der Waals surface area contributed by atoms with Crippen LogP contribution in [0.4, 0.5) is 10.3 Å². The van der Waals surface area contributed by atoms with Crippen molar-refractivity contribution in [2.45, 2.75) is 50.0 Å². The quantitative estimate of drug-likeness (QED) is 0.299. The van der Waals surface area contributed by atoms with E-state index in [1.165, 1.54) is 22.7 Å². The average molecular weight is 535 g/mol. The van der Waals surface area contributed by atoms with Gasteiger partial charge >= 0.3 is 0 Å². The van der Waals surface area contributed by atoms with Crippen LogP contribution in [0.1, 0.15) is 64.8 Å². The molecule has 1 aliphatic rings. The second kappa shape index (κ2) is 11.7. The Morgan fingerprint density at radius 1 is 0.838 bits per heavy atom. The number of anilines is 2. The van der Waals surface area contributed by atoms with Gasteiger partial charge in [-0.2, -0.15) is 0 Å². The summed E-state index contributed by atoms with van der Waals surface area (Å²) in [6.45, 7) is 0. The number of benzene rings is 2. The van der Waals surface area contributed by atoms with E-state index in [2.05, 4.69) is 31.0 Å². The first-order chi connectivity index (χ1) is 18.0. The molecule has 11 heteroatoms. The highest BCUT2D eigenvalue weighted by Crippen LogP contribution is 2.43. The highest BCUT2D eigenvalue weighted by atomic mass is 32.1. The molecule has 2 aromatic heterocycles. The highest BCUT2D eigenvalue weighted by Gasteiger charge is 2.30. The van der Waals surface area contributed by atoms with Crippen LogP contribution in [0.3, 0.4) is 0 Å². The molecule has 2 aromatic carbocycles. The topological polar surface area (TPSA) is 130 Å². The Morgan fingerprint density at radius 2 is 1.41 bits per heavy atom. The molecule has 1 fully saturated rings. The molecule has 0 bridgehead atoms. The number of nitrogens with zero attached hydrogens (tertiary/aromatic N) is 4. The molecular weight excluding hydrogens is 508 g/mol. The summed E-state index contributed by atoms with van der Waals surface area (Å²) in [5.74, 6) is -0.235. The molecule has 5 rings (SSSR count). The maximum Gasteiger partial charge on any atom is 0.259 e. The Hall–Kier alpha value is -3.54. The van der Waals surface area contributed by atoms with Gasteiger partial charge in [-0.25, -0.2) is 0 Å². The van der Waals surface area contributed by atoms with Crippen molar-refractivity contribution in [2.24, 2.45) is 0 Å². The van der Waals surface area contributed by atoms with E-state index in [1.54, 1.807) is 24.3 Å².